The highest BCUT2D eigenvalue weighted by Crippen LogP contribution is 2.45. The first-order chi connectivity index (χ1) is 13.8. The van der Waals surface area contributed by atoms with Gasteiger partial charge >= 0.3 is 0 Å². The first-order valence-electron chi connectivity index (χ1n) is 9.62. The van der Waals surface area contributed by atoms with Crippen LogP contribution in [-0.4, -0.2) is 59.5 Å². The number of sulfone groups is 1. The number of hydrogen-bond donors (Lipinski definition) is 1. The molecule has 1 atom stereocenters. The summed E-state index contributed by atoms with van der Waals surface area (Å²) in [6, 6.07) is 11.8. The van der Waals surface area contributed by atoms with E-state index in [0.29, 0.717) is 25.2 Å². The van der Waals surface area contributed by atoms with Crippen molar-refractivity contribution < 1.29 is 23.1 Å². The van der Waals surface area contributed by atoms with E-state index in [0.717, 1.165) is 11.4 Å². The lowest BCUT2D eigenvalue weighted by atomic mass is 9.83. The summed E-state index contributed by atoms with van der Waals surface area (Å²) in [5.41, 5.74) is 2.08. The maximum atomic E-state index is 12.8. The summed E-state index contributed by atoms with van der Waals surface area (Å²) in [7, 11) is -3.30. The smallest absolute Gasteiger partial charge is 0.254 e. The summed E-state index contributed by atoms with van der Waals surface area (Å²) >= 11 is 0. The Hall–Kier alpha value is -2.45. The molecule has 3 heterocycles. The van der Waals surface area contributed by atoms with Crippen LogP contribution in [-0.2, 0) is 21.2 Å². The number of aryl methyl sites for hydroxylation is 1. The Kier molecular flexibility index (Phi) is 5.08. The van der Waals surface area contributed by atoms with Gasteiger partial charge in [0.25, 0.3) is 5.91 Å². The molecule has 4 rings (SSSR count). The van der Waals surface area contributed by atoms with E-state index >= 15 is 0 Å². The molecule has 2 aliphatic heterocycles. The zero-order valence-corrected chi connectivity index (χ0v) is 17.1. The number of aromatic hydroxyl groups is 1. The lowest BCUT2D eigenvalue weighted by Crippen LogP contribution is -2.68. The average Bonchev–Trinajstić information content (AvgIpc) is 2.90. The molecule has 1 aromatic heterocycles. The van der Waals surface area contributed by atoms with Crippen LogP contribution in [0.5, 0.6) is 5.75 Å². The normalized spacial score (nSPS) is 21.8. The topological polar surface area (TPSA) is 96.8 Å². The number of ether oxygens (including phenoxy) is 1. The van der Waals surface area contributed by atoms with Crippen molar-refractivity contribution in [2.45, 2.75) is 24.7 Å². The number of carbonyl (C=O) groups excluding carboxylic acids is 1. The third-order valence-corrected chi connectivity index (χ3v) is 8.51. The SMILES string of the molecule is Cc1cccc(COCC2CCS(=O)(=O)C23CN(C(=O)c2cccc(O)c2)C3)n1. The lowest BCUT2D eigenvalue weighted by molar-refractivity contribution is 0.0204. The Bertz CT molecular complexity index is 1030. The highest BCUT2D eigenvalue weighted by molar-refractivity contribution is 7.93. The van der Waals surface area contributed by atoms with Crippen LogP contribution in [0.15, 0.2) is 42.5 Å². The Labute approximate surface area is 170 Å². The molecular formula is C21H24N2O5S. The van der Waals surface area contributed by atoms with Gasteiger partial charge in [-0.25, -0.2) is 8.42 Å². The number of aromatic nitrogens is 1. The van der Waals surface area contributed by atoms with E-state index in [1.165, 1.54) is 17.0 Å². The van der Waals surface area contributed by atoms with Crippen LogP contribution in [0.25, 0.3) is 0 Å². The van der Waals surface area contributed by atoms with Gasteiger partial charge in [0.05, 0.1) is 24.7 Å². The number of amides is 1. The summed E-state index contributed by atoms with van der Waals surface area (Å²) in [4.78, 5) is 18.6. The Morgan fingerprint density at radius 2 is 2.03 bits per heavy atom. The van der Waals surface area contributed by atoms with E-state index in [2.05, 4.69) is 4.98 Å². The van der Waals surface area contributed by atoms with Gasteiger partial charge < -0.3 is 14.7 Å². The van der Waals surface area contributed by atoms with Gasteiger partial charge in [-0.15, -0.1) is 0 Å². The second-order valence-electron chi connectivity index (χ2n) is 7.87. The molecular weight excluding hydrogens is 392 g/mol. The number of phenols is 1. The summed E-state index contributed by atoms with van der Waals surface area (Å²) in [5, 5.41) is 9.58. The number of likely N-dealkylation sites (tertiary alicyclic amines) is 1. The molecule has 154 valence electrons. The number of phenolic OH excluding ortho intramolecular Hbond substituents is 1. The zero-order valence-electron chi connectivity index (χ0n) is 16.2. The fourth-order valence-electron chi connectivity index (χ4n) is 4.26. The van der Waals surface area contributed by atoms with Crippen LogP contribution < -0.4 is 0 Å². The van der Waals surface area contributed by atoms with Crippen molar-refractivity contribution >= 4 is 15.7 Å². The van der Waals surface area contributed by atoms with Gasteiger partial charge in [-0.1, -0.05) is 12.1 Å². The summed E-state index contributed by atoms with van der Waals surface area (Å²) < 4.78 is 30.4. The predicted octanol–water partition coefficient (Wildman–Crippen LogP) is 1.94. The minimum absolute atomic E-state index is 0.00982. The average molecular weight is 416 g/mol. The molecule has 0 aliphatic carbocycles. The van der Waals surface area contributed by atoms with Crippen molar-refractivity contribution in [3.05, 3.63) is 59.4 Å². The minimum atomic E-state index is -3.30. The number of pyridine rings is 1. The van der Waals surface area contributed by atoms with Crippen LogP contribution in [0.3, 0.4) is 0 Å². The molecule has 0 bridgehead atoms. The van der Waals surface area contributed by atoms with E-state index in [9.17, 15) is 18.3 Å². The van der Waals surface area contributed by atoms with E-state index in [-0.39, 0.29) is 36.4 Å². The van der Waals surface area contributed by atoms with Crippen molar-refractivity contribution in [1.82, 2.24) is 9.88 Å². The minimum Gasteiger partial charge on any atom is -0.508 e. The summed E-state index contributed by atoms with van der Waals surface area (Å²) in [5.74, 6) is -0.281. The van der Waals surface area contributed by atoms with Crippen molar-refractivity contribution in [2.75, 3.05) is 25.4 Å². The number of hydrogen-bond acceptors (Lipinski definition) is 6. The second kappa shape index (κ2) is 7.42. The molecule has 29 heavy (non-hydrogen) atoms. The molecule has 7 nitrogen and oxygen atoms in total. The second-order valence-corrected chi connectivity index (χ2v) is 10.3. The van der Waals surface area contributed by atoms with Crippen molar-refractivity contribution in [2.24, 2.45) is 5.92 Å². The monoisotopic (exact) mass is 416 g/mol. The van der Waals surface area contributed by atoms with E-state index < -0.39 is 14.6 Å². The number of carbonyl (C=O) groups is 1. The largest absolute Gasteiger partial charge is 0.508 e. The summed E-state index contributed by atoms with van der Waals surface area (Å²) in [6.45, 7) is 2.90. The van der Waals surface area contributed by atoms with Gasteiger partial charge in [0.15, 0.2) is 9.84 Å². The van der Waals surface area contributed by atoms with Gasteiger partial charge in [-0.3, -0.25) is 9.78 Å². The van der Waals surface area contributed by atoms with Crippen LogP contribution in [0.4, 0.5) is 0 Å². The Morgan fingerprint density at radius 3 is 2.76 bits per heavy atom. The maximum absolute atomic E-state index is 12.8. The van der Waals surface area contributed by atoms with Gasteiger partial charge in [0, 0.05) is 30.3 Å². The Balaban J connectivity index is 1.42. The van der Waals surface area contributed by atoms with Gasteiger partial charge in [-0.05, 0) is 43.7 Å². The molecule has 0 radical (unpaired) electrons. The molecule has 1 N–H and O–H groups in total. The molecule has 2 aliphatic rings. The number of nitrogens with zero attached hydrogens (tertiary/aromatic N) is 2. The van der Waals surface area contributed by atoms with E-state index in [4.69, 9.17) is 4.74 Å². The molecule has 1 aromatic carbocycles. The molecule has 2 fully saturated rings. The molecule has 8 heteroatoms. The first-order valence-corrected chi connectivity index (χ1v) is 11.3. The van der Waals surface area contributed by atoms with Crippen LogP contribution in [0, 0.1) is 12.8 Å². The highest BCUT2D eigenvalue weighted by Gasteiger charge is 2.62. The third kappa shape index (κ3) is 3.62. The third-order valence-electron chi connectivity index (χ3n) is 5.91. The summed E-state index contributed by atoms with van der Waals surface area (Å²) in [6.07, 6.45) is 0.539. The first kappa shape index (κ1) is 19.8. The predicted molar refractivity (Wildman–Crippen MR) is 107 cm³/mol. The number of rotatable bonds is 5. The standard InChI is InChI=1S/C21H24N2O5S/c1-15-4-2-6-18(22-15)12-28-11-17-8-9-29(26,27)21(17)13-23(14-21)20(25)16-5-3-7-19(24)10-16/h2-7,10,17,24H,8-9,11-14H2,1H3. The zero-order chi connectivity index (χ0) is 20.6. The molecule has 2 saturated heterocycles. The van der Waals surface area contributed by atoms with Crippen molar-refractivity contribution in [3.8, 4) is 5.75 Å². The molecule has 1 spiro atoms. The van der Waals surface area contributed by atoms with Crippen LogP contribution in [0.2, 0.25) is 0 Å². The van der Waals surface area contributed by atoms with Crippen molar-refractivity contribution in [1.29, 1.82) is 0 Å². The van der Waals surface area contributed by atoms with Gasteiger partial charge in [0.2, 0.25) is 0 Å². The van der Waals surface area contributed by atoms with E-state index in [1.54, 1.807) is 12.1 Å². The quantitative estimate of drug-likeness (QED) is 0.800. The maximum Gasteiger partial charge on any atom is 0.254 e. The van der Waals surface area contributed by atoms with Crippen molar-refractivity contribution in [3.63, 3.8) is 0 Å². The molecule has 1 amide bonds. The van der Waals surface area contributed by atoms with Gasteiger partial charge in [-0.2, -0.15) is 0 Å². The number of benzene rings is 1. The van der Waals surface area contributed by atoms with Crippen LogP contribution >= 0.6 is 0 Å². The Morgan fingerprint density at radius 1 is 1.28 bits per heavy atom. The lowest BCUT2D eigenvalue weighted by Gasteiger charge is -2.49. The van der Waals surface area contributed by atoms with E-state index in [1.807, 2.05) is 25.1 Å². The fourth-order valence-corrected chi connectivity index (χ4v) is 6.66. The molecule has 1 unspecified atom stereocenters. The van der Waals surface area contributed by atoms with Gasteiger partial charge in [0.1, 0.15) is 10.5 Å². The van der Waals surface area contributed by atoms with Crippen LogP contribution in [0.1, 0.15) is 28.2 Å². The molecule has 2 aromatic rings. The molecule has 0 saturated carbocycles. The highest BCUT2D eigenvalue weighted by atomic mass is 32.2. The fraction of sp³-hybridized carbons (Fsp3) is 0.429.